The van der Waals surface area contributed by atoms with Gasteiger partial charge in [0.2, 0.25) is 0 Å². The highest BCUT2D eigenvalue weighted by Gasteiger charge is 2.25. The van der Waals surface area contributed by atoms with Crippen molar-refractivity contribution in [3.8, 4) is 5.75 Å². The van der Waals surface area contributed by atoms with Crippen LogP contribution in [0.4, 0.5) is 0 Å². The monoisotopic (exact) mass is 353 g/mol. The molecule has 7 nitrogen and oxygen atoms in total. The van der Waals surface area contributed by atoms with Crippen LogP contribution in [-0.2, 0) is 9.36 Å². The molecule has 1 aliphatic carbocycles. The van der Waals surface area contributed by atoms with E-state index in [0.717, 1.165) is 11.6 Å². The fourth-order valence-corrected chi connectivity index (χ4v) is 3.18. The molecule has 2 rings (SSSR count). The Morgan fingerprint density at radius 3 is 2.42 bits per heavy atom. The molecule has 1 atom stereocenters. The van der Waals surface area contributed by atoms with Crippen molar-refractivity contribution in [2.45, 2.75) is 32.1 Å². The molecule has 0 aliphatic heterocycles. The molecule has 24 heavy (non-hydrogen) atoms. The standard InChI is InChI=1S/C16H20NO6P/c1-10(11-3-5-12(18)6-4-11)2-7-14-15(17-24(21,22)23)8-13(19)9-16(14)20/h3-6,9-10,18,20H,2,7-8H2,1H3,(H3,17,21,22,23). The van der Waals surface area contributed by atoms with Crippen molar-refractivity contribution < 1.29 is 29.4 Å². The van der Waals surface area contributed by atoms with Crippen molar-refractivity contribution in [3.05, 3.63) is 52.9 Å². The molecule has 0 fully saturated rings. The highest BCUT2D eigenvalue weighted by Crippen LogP contribution is 2.36. The summed E-state index contributed by atoms with van der Waals surface area (Å²) in [5.41, 5.74) is 1.39. The molecule has 1 unspecified atom stereocenters. The lowest BCUT2D eigenvalue weighted by atomic mass is 9.90. The van der Waals surface area contributed by atoms with Gasteiger partial charge in [-0.15, -0.1) is 0 Å². The second kappa shape index (κ2) is 7.21. The van der Waals surface area contributed by atoms with E-state index in [1.807, 2.05) is 12.0 Å². The van der Waals surface area contributed by atoms with E-state index in [9.17, 15) is 19.6 Å². The minimum absolute atomic E-state index is 0.0613. The molecule has 1 aromatic carbocycles. The van der Waals surface area contributed by atoms with Crippen molar-refractivity contribution in [2.24, 2.45) is 0 Å². The predicted molar refractivity (Wildman–Crippen MR) is 88.3 cm³/mol. The average molecular weight is 353 g/mol. The summed E-state index contributed by atoms with van der Waals surface area (Å²) in [6.07, 6.45) is 1.84. The number of phenols is 1. The van der Waals surface area contributed by atoms with E-state index in [1.165, 1.54) is 0 Å². The van der Waals surface area contributed by atoms with E-state index in [2.05, 4.69) is 0 Å². The molecule has 5 N–H and O–H groups in total. The lowest BCUT2D eigenvalue weighted by Crippen LogP contribution is -2.19. The van der Waals surface area contributed by atoms with Crippen LogP contribution in [0.3, 0.4) is 0 Å². The van der Waals surface area contributed by atoms with E-state index < -0.39 is 13.5 Å². The Kier molecular flexibility index (Phi) is 5.49. The maximum absolute atomic E-state index is 11.5. The molecule has 0 heterocycles. The fraction of sp³-hybridized carbons (Fsp3) is 0.312. The normalized spacial score (nSPS) is 16.8. The van der Waals surface area contributed by atoms with Crippen LogP contribution >= 0.6 is 7.75 Å². The smallest absolute Gasteiger partial charge is 0.427 e. The number of hydrogen-bond donors (Lipinski definition) is 5. The minimum atomic E-state index is -4.56. The third-order valence-electron chi connectivity index (χ3n) is 3.89. The third-order valence-corrected chi connectivity index (χ3v) is 4.45. The summed E-state index contributed by atoms with van der Waals surface area (Å²) in [5, 5.41) is 21.3. The second-order valence-electron chi connectivity index (χ2n) is 5.82. The molecular weight excluding hydrogens is 333 g/mol. The Hall–Kier alpha value is -2.08. The quantitative estimate of drug-likeness (QED) is 0.498. The molecule has 0 amide bonds. The summed E-state index contributed by atoms with van der Waals surface area (Å²) in [4.78, 5) is 29.7. The van der Waals surface area contributed by atoms with Gasteiger partial charge in [0.1, 0.15) is 11.5 Å². The zero-order valence-electron chi connectivity index (χ0n) is 13.1. The Bertz CT molecular complexity index is 731. The van der Waals surface area contributed by atoms with Gasteiger partial charge in [0.15, 0.2) is 5.78 Å². The first-order valence-electron chi connectivity index (χ1n) is 7.44. The van der Waals surface area contributed by atoms with Crippen molar-refractivity contribution >= 4 is 13.5 Å². The predicted octanol–water partition coefficient (Wildman–Crippen LogP) is 2.63. The van der Waals surface area contributed by atoms with Gasteiger partial charge in [0.25, 0.3) is 0 Å². The third kappa shape index (κ3) is 4.96. The van der Waals surface area contributed by atoms with Gasteiger partial charge < -0.3 is 20.0 Å². The van der Waals surface area contributed by atoms with Crippen molar-refractivity contribution in [1.29, 1.82) is 0 Å². The van der Waals surface area contributed by atoms with Crippen LogP contribution in [0.5, 0.6) is 5.75 Å². The van der Waals surface area contributed by atoms with Crippen LogP contribution in [0.15, 0.2) is 47.4 Å². The number of carbonyl (C=O) groups is 1. The topological polar surface area (TPSA) is 127 Å². The molecule has 8 heteroatoms. The first-order chi connectivity index (χ1) is 11.2. The van der Waals surface area contributed by atoms with Crippen LogP contribution in [0.2, 0.25) is 0 Å². The number of hydrogen-bond acceptors (Lipinski definition) is 4. The summed E-state index contributed by atoms with van der Waals surface area (Å²) >= 11 is 0. The summed E-state index contributed by atoms with van der Waals surface area (Å²) in [6.45, 7) is 1.97. The van der Waals surface area contributed by atoms with E-state index in [1.54, 1.807) is 24.3 Å². The Labute approximate surface area is 139 Å². The van der Waals surface area contributed by atoms with E-state index in [0.29, 0.717) is 18.4 Å². The maximum atomic E-state index is 11.5. The number of ketones is 1. The molecule has 1 aromatic rings. The molecule has 0 radical (unpaired) electrons. The van der Waals surface area contributed by atoms with Gasteiger partial charge in [-0.2, -0.15) is 0 Å². The first kappa shape index (κ1) is 18.3. The van der Waals surface area contributed by atoms with E-state index >= 15 is 0 Å². The second-order valence-corrected chi connectivity index (χ2v) is 7.13. The number of benzene rings is 1. The zero-order valence-corrected chi connectivity index (χ0v) is 14.0. The summed E-state index contributed by atoms with van der Waals surface area (Å²) < 4.78 is 11.2. The largest absolute Gasteiger partial charge is 0.508 e. The van der Waals surface area contributed by atoms with Crippen LogP contribution in [0.25, 0.3) is 0 Å². The van der Waals surface area contributed by atoms with Gasteiger partial charge in [-0.1, -0.05) is 19.1 Å². The number of carbonyl (C=O) groups excluding carboxylic acids is 1. The first-order valence-corrected chi connectivity index (χ1v) is 9.05. The lowest BCUT2D eigenvalue weighted by molar-refractivity contribution is -0.114. The number of nitrogens with one attached hydrogen (secondary N) is 1. The SMILES string of the molecule is CC(CCC1=C(NP(=O)(O)O)CC(=O)C=C1O)c1ccc(O)cc1. The molecule has 130 valence electrons. The van der Waals surface area contributed by atoms with Crippen LogP contribution in [-0.4, -0.2) is 25.8 Å². The van der Waals surface area contributed by atoms with Crippen LogP contribution in [0.1, 0.15) is 37.7 Å². The lowest BCUT2D eigenvalue weighted by Gasteiger charge is -2.21. The molecule has 0 bridgehead atoms. The van der Waals surface area contributed by atoms with Crippen molar-refractivity contribution in [2.75, 3.05) is 0 Å². The number of phenolic OH excluding ortho intramolecular Hbond substituents is 1. The van der Waals surface area contributed by atoms with Crippen LogP contribution < -0.4 is 5.09 Å². The number of aliphatic hydroxyl groups is 1. The Morgan fingerprint density at radius 1 is 1.21 bits per heavy atom. The maximum Gasteiger partial charge on any atom is 0.427 e. The highest BCUT2D eigenvalue weighted by molar-refractivity contribution is 7.49. The van der Waals surface area contributed by atoms with Gasteiger partial charge in [0.05, 0.1) is 6.42 Å². The summed E-state index contributed by atoms with van der Waals surface area (Å²) in [7, 11) is -4.56. The number of aliphatic hydroxyl groups excluding tert-OH is 1. The van der Waals surface area contributed by atoms with Gasteiger partial charge in [-0.3, -0.25) is 9.88 Å². The summed E-state index contributed by atoms with van der Waals surface area (Å²) in [6, 6.07) is 6.76. The molecule has 0 spiro atoms. The van der Waals surface area contributed by atoms with Gasteiger partial charge in [0, 0.05) is 17.3 Å². The average Bonchev–Trinajstić information content (AvgIpc) is 2.45. The number of allylic oxidation sites excluding steroid dienone is 3. The van der Waals surface area contributed by atoms with Gasteiger partial charge in [-0.05, 0) is 36.5 Å². The van der Waals surface area contributed by atoms with Crippen molar-refractivity contribution in [1.82, 2.24) is 5.09 Å². The Balaban J connectivity index is 2.15. The van der Waals surface area contributed by atoms with Crippen molar-refractivity contribution in [3.63, 3.8) is 0 Å². The van der Waals surface area contributed by atoms with Gasteiger partial charge in [-0.25, -0.2) is 4.57 Å². The molecule has 1 aliphatic rings. The highest BCUT2D eigenvalue weighted by atomic mass is 31.2. The van der Waals surface area contributed by atoms with Gasteiger partial charge >= 0.3 is 7.75 Å². The summed E-state index contributed by atoms with van der Waals surface area (Å²) in [5.74, 6) is -0.410. The minimum Gasteiger partial charge on any atom is -0.508 e. The Morgan fingerprint density at radius 2 is 1.83 bits per heavy atom. The number of aromatic hydroxyl groups is 1. The molecule has 0 aromatic heterocycles. The van der Waals surface area contributed by atoms with E-state index in [-0.39, 0.29) is 29.5 Å². The van der Waals surface area contributed by atoms with Crippen LogP contribution in [0, 0.1) is 0 Å². The number of rotatable bonds is 6. The molecular formula is C16H20NO6P. The zero-order chi connectivity index (χ0) is 17.9. The van der Waals surface area contributed by atoms with E-state index in [4.69, 9.17) is 9.79 Å². The fourth-order valence-electron chi connectivity index (χ4n) is 2.62. The molecule has 0 saturated carbocycles. The molecule has 0 saturated heterocycles.